The Morgan fingerprint density at radius 3 is 2.74 bits per heavy atom. The van der Waals surface area contributed by atoms with Crippen molar-refractivity contribution in [3.8, 4) is 11.4 Å². The van der Waals surface area contributed by atoms with Gasteiger partial charge >= 0.3 is 0 Å². The van der Waals surface area contributed by atoms with E-state index in [9.17, 15) is 4.79 Å². The van der Waals surface area contributed by atoms with E-state index >= 15 is 0 Å². The maximum atomic E-state index is 12.5. The Balaban J connectivity index is 1.49. The van der Waals surface area contributed by atoms with Crippen LogP contribution in [0, 0.1) is 6.92 Å². The van der Waals surface area contributed by atoms with Crippen LogP contribution in [0.25, 0.3) is 17.0 Å². The molecule has 3 heterocycles. The molecule has 1 aliphatic carbocycles. The number of aryl methyl sites for hydroxylation is 1. The molecule has 0 N–H and O–H groups in total. The molecule has 3 aromatic heterocycles. The lowest BCUT2D eigenvalue weighted by Gasteiger charge is -2.17. The number of rotatable bonds is 5. The molecule has 8 heteroatoms. The molecule has 0 atom stereocenters. The summed E-state index contributed by atoms with van der Waals surface area (Å²) in [7, 11) is 0. The summed E-state index contributed by atoms with van der Waals surface area (Å²) in [4.78, 5) is 17.2. The smallest absolute Gasteiger partial charge is 0.258 e. The van der Waals surface area contributed by atoms with Crippen LogP contribution < -0.4 is 5.56 Å². The van der Waals surface area contributed by atoms with Crippen molar-refractivity contribution < 1.29 is 0 Å². The molecular formula is C23H22ClN5OS. The summed E-state index contributed by atoms with van der Waals surface area (Å²) >= 11 is 8.04. The van der Waals surface area contributed by atoms with Gasteiger partial charge in [0.15, 0.2) is 11.0 Å². The summed E-state index contributed by atoms with van der Waals surface area (Å²) in [5, 5.41) is 10.5. The quantitative estimate of drug-likeness (QED) is 0.384. The number of fused-ring (bicyclic) bond motifs is 1. The number of benzene rings is 1. The first kappa shape index (κ1) is 20.3. The highest BCUT2D eigenvalue weighted by molar-refractivity contribution is 7.98. The van der Waals surface area contributed by atoms with Crippen molar-refractivity contribution in [2.24, 2.45) is 0 Å². The third-order valence-electron chi connectivity index (χ3n) is 5.69. The van der Waals surface area contributed by atoms with E-state index in [4.69, 9.17) is 11.6 Å². The van der Waals surface area contributed by atoms with Crippen LogP contribution in [0.1, 0.15) is 43.0 Å². The summed E-state index contributed by atoms with van der Waals surface area (Å²) in [6.45, 7) is 1.99. The third kappa shape index (κ3) is 4.00. The third-order valence-corrected chi connectivity index (χ3v) is 7.00. The van der Waals surface area contributed by atoms with Crippen molar-refractivity contribution in [3.05, 3.63) is 75.3 Å². The largest absolute Gasteiger partial charge is 0.299 e. The van der Waals surface area contributed by atoms with Crippen LogP contribution in [0.5, 0.6) is 0 Å². The predicted molar refractivity (Wildman–Crippen MR) is 124 cm³/mol. The molecule has 31 heavy (non-hydrogen) atoms. The molecule has 0 aliphatic heterocycles. The first-order chi connectivity index (χ1) is 15.1. The zero-order valence-electron chi connectivity index (χ0n) is 17.2. The minimum Gasteiger partial charge on any atom is -0.299 e. The number of pyridine rings is 1. The fourth-order valence-electron chi connectivity index (χ4n) is 4.16. The lowest BCUT2D eigenvalue weighted by atomic mass is 10.2. The number of aromatic nitrogens is 5. The van der Waals surface area contributed by atoms with E-state index in [1.54, 1.807) is 28.4 Å². The Bertz CT molecular complexity index is 1310. The molecule has 0 radical (unpaired) electrons. The first-order valence-electron chi connectivity index (χ1n) is 10.4. The minimum atomic E-state index is -0.0744. The normalized spacial score (nSPS) is 14.5. The molecule has 5 rings (SSSR count). The SMILES string of the molecule is Cc1ccn2c(=O)cc(CSc3nnc(-c4ccccc4Cl)n3C3CCCC3)nc2c1. The summed E-state index contributed by atoms with van der Waals surface area (Å²) < 4.78 is 3.80. The van der Waals surface area contributed by atoms with Gasteiger partial charge in [-0.15, -0.1) is 10.2 Å². The highest BCUT2D eigenvalue weighted by Gasteiger charge is 2.25. The average Bonchev–Trinajstić information content (AvgIpc) is 3.42. The van der Waals surface area contributed by atoms with Crippen molar-refractivity contribution >= 4 is 29.0 Å². The van der Waals surface area contributed by atoms with Gasteiger partial charge in [0.1, 0.15) is 5.65 Å². The molecule has 4 aromatic rings. The van der Waals surface area contributed by atoms with Gasteiger partial charge in [0.05, 0.1) is 10.7 Å². The van der Waals surface area contributed by atoms with Crippen LogP contribution in [0.4, 0.5) is 0 Å². The van der Waals surface area contributed by atoms with E-state index in [-0.39, 0.29) is 5.56 Å². The van der Waals surface area contributed by atoms with Crippen molar-refractivity contribution in [1.29, 1.82) is 0 Å². The topological polar surface area (TPSA) is 65.1 Å². The highest BCUT2D eigenvalue weighted by Crippen LogP contribution is 2.38. The number of thioether (sulfide) groups is 1. The van der Waals surface area contributed by atoms with Gasteiger partial charge in [0.25, 0.3) is 5.56 Å². The van der Waals surface area contributed by atoms with Crippen LogP contribution in [0.15, 0.2) is 58.6 Å². The summed E-state index contributed by atoms with van der Waals surface area (Å²) in [6.07, 6.45) is 6.40. The average molecular weight is 452 g/mol. The van der Waals surface area contributed by atoms with Gasteiger partial charge in [-0.05, 0) is 49.6 Å². The fraction of sp³-hybridized carbons (Fsp3) is 0.304. The second-order valence-electron chi connectivity index (χ2n) is 7.90. The Hall–Kier alpha value is -2.64. The Morgan fingerprint density at radius 1 is 1.13 bits per heavy atom. The van der Waals surface area contributed by atoms with Crippen LogP contribution >= 0.6 is 23.4 Å². The highest BCUT2D eigenvalue weighted by atomic mass is 35.5. The first-order valence-corrected chi connectivity index (χ1v) is 11.8. The van der Waals surface area contributed by atoms with Crippen molar-refractivity contribution in [3.63, 3.8) is 0 Å². The lowest BCUT2D eigenvalue weighted by molar-refractivity contribution is 0.485. The Kier molecular flexibility index (Phi) is 5.54. The molecule has 0 amide bonds. The molecule has 0 saturated heterocycles. The van der Waals surface area contributed by atoms with Gasteiger partial charge in [-0.2, -0.15) is 0 Å². The maximum absolute atomic E-state index is 12.5. The van der Waals surface area contributed by atoms with Gasteiger partial charge in [0, 0.05) is 29.6 Å². The van der Waals surface area contributed by atoms with Gasteiger partial charge < -0.3 is 0 Å². The van der Waals surface area contributed by atoms with E-state index in [0.29, 0.717) is 22.5 Å². The number of nitrogens with zero attached hydrogens (tertiary/aromatic N) is 5. The molecule has 158 valence electrons. The molecule has 1 saturated carbocycles. The van der Waals surface area contributed by atoms with Crippen LogP contribution in [-0.4, -0.2) is 24.1 Å². The van der Waals surface area contributed by atoms with E-state index in [1.807, 2.05) is 43.3 Å². The van der Waals surface area contributed by atoms with Gasteiger partial charge in [0.2, 0.25) is 0 Å². The lowest BCUT2D eigenvalue weighted by Crippen LogP contribution is -2.15. The van der Waals surface area contributed by atoms with Crippen molar-refractivity contribution in [2.45, 2.75) is 49.6 Å². The fourth-order valence-corrected chi connectivity index (χ4v) is 5.28. The van der Waals surface area contributed by atoms with Crippen LogP contribution in [0.3, 0.4) is 0 Å². The molecule has 0 spiro atoms. The number of hydrogen-bond donors (Lipinski definition) is 0. The number of hydrogen-bond acceptors (Lipinski definition) is 5. The molecule has 1 fully saturated rings. The van der Waals surface area contributed by atoms with Gasteiger partial charge in [-0.1, -0.05) is 48.3 Å². The summed E-state index contributed by atoms with van der Waals surface area (Å²) in [6, 6.07) is 13.5. The van der Waals surface area contributed by atoms with Crippen LogP contribution in [-0.2, 0) is 5.75 Å². The molecule has 6 nitrogen and oxygen atoms in total. The Labute approximate surface area is 189 Å². The van der Waals surface area contributed by atoms with E-state index in [2.05, 4.69) is 19.7 Å². The molecule has 0 bridgehead atoms. The van der Waals surface area contributed by atoms with Crippen LogP contribution in [0.2, 0.25) is 5.02 Å². The molecule has 0 unspecified atom stereocenters. The zero-order chi connectivity index (χ0) is 21.4. The van der Waals surface area contributed by atoms with E-state index in [1.165, 1.54) is 12.8 Å². The summed E-state index contributed by atoms with van der Waals surface area (Å²) in [5.41, 5.74) is 3.29. The van der Waals surface area contributed by atoms with E-state index < -0.39 is 0 Å². The maximum Gasteiger partial charge on any atom is 0.258 e. The standard InChI is InChI=1S/C23H22ClN5OS/c1-15-10-11-28-20(12-15)25-16(13-21(28)30)14-31-23-27-26-22(18-8-4-5-9-19(18)24)29(23)17-6-2-3-7-17/h4-5,8-13,17H,2-3,6-7,14H2,1H3. The van der Waals surface area contributed by atoms with E-state index in [0.717, 1.165) is 40.6 Å². The molecular weight excluding hydrogens is 430 g/mol. The summed E-state index contributed by atoms with van der Waals surface area (Å²) in [5.74, 6) is 1.36. The Morgan fingerprint density at radius 2 is 1.94 bits per heavy atom. The predicted octanol–water partition coefficient (Wildman–Crippen LogP) is 5.32. The monoisotopic (exact) mass is 451 g/mol. The minimum absolute atomic E-state index is 0.0744. The van der Waals surface area contributed by atoms with Gasteiger partial charge in [-0.25, -0.2) is 4.98 Å². The zero-order valence-corrected chi connectivity index (χ0v) is 18.7. The van der Waals surface area contributed by atoms with Crippen molar-refractivity contribution in [2.75, 3.05) is 0 Å². The molecule has 1 aromatic carbocycles. The second-order valence-corrected chi connectivity index (χ2v) is 9.25. The molecule has 1 aliphatic rings. The second kappa shape index (κ2) is 8.48. The van der Waals surface area contributed by atoms with Gasteiger partial charge in [-0.3, -0.25) is 13.8 Å². The number of halogens is 1. The van der Waals surface area contributed by atoms with Crippen molar-refractivity contribution in [1.82, 2.24) is 24.1 Å².